The van der Waals surface area contributed by atoms with Crippen LogP contribution in [0, 0.1) is 17.2 Å². The Morgan fingerprint density at radius 1 is 1.67 bits per heavy atom. The molecule has 48 valence electrons. The molecule has 0 bridgehead atoms. The largest absolute Gasteiger partial charge is 0.295 e. The van der Waals surface area contributed by atoms with Gasteiger partial charge in [-0.05, 0) is 6.08 Å². The van der Waals surface area contributed by atoms with E-state index in [-0.39, 0.29) is 11.7 Å². The van der Waals surface area contributed by atoms with E-state index in [9.17, 15) is 4.79 Å². The molecule has 0 radical (unpaired) electrons. The Morgan fingerprint density at radius 3 is 2.56 bits per heavy atom. The first-order valence-corrected chi connectivity index (χ1v) is 2.78. The molecule has 0 amide bonds. The van der Waals surface area contributed by atoms with Gasteiger partial charge in [-0.3, -0.25) is 4.79 Å². The predicted molar refractivity (Wildman–Crippen MR) is 34.6 cm³/mol. The Hall–Kier alpha value is -1.10. The highest BCUT2D eigenvalue weighted by Crippen LogP contribution is 1.93. The maximum atomic E-state index is 10.7. The summed E-state index contributed by atoms with van der Waals surface area (Å²) in [4.78, 5) is 10.7. The summed E-state index contributed by atoms with van der Waals surface area (Å²) in [6.07, 6.45) is 2.49. The van der Waals surface area contributed by atoms with Gasteiger partial charge in [-0.25, -0.2) is 0 Å². The molecule has 0 aliphatic rings. The first-order valence-electron chi connectivity index (χ1n) is 2.78. The van der Waals surface area contributed by atoms with Crippen LogP contribution in [0.2, 0.25) is 0 Å². The molecule has 9 heavy (non-hydrogen) atoms. The standard InChI is InChI=1S/C7H9NO/c1-6(2)7(9)4-3-5-8/h3-4,6H,1-2H3/b4-3+. The van der Waals surface area contributed by atoms with E-state index in [2.05, 4.69) is 0 Å². The van der Waals surface area contributed by atoms with E-state index in [1.807, 2.05) is 0 Å². The molecule has 0 aromatic heterocycles. The van der Waals surface area contributed by atoms with Crippen LogP contribution in [-0.4, -0.2) is 5.78 Å². The minimum atomic E-state index is -0.00500. The fraction of sp³-hybridized carbons (Fsp3) is 0.429. The van der Waals surface area contributed by atoms with E-state index >= 15 is 0 Å². The van der Waals surface area contributed by atoms with Crippen molar-refractivity contribution in [2.75, 3.05) is 0 Å². The summed E-state index contributed by atoms with van der Waals surface area (Å²) in [5, 5.41) is 8.01. The molecule has 0 spiro atoms. The van der Waals surface area contributed by atoms with Crippen molar-refractivity contribution >= 4 is 5.78 Å². The molecule has 0 aliphatic heterocycles. The zero-order chi connectivity index (χ0) is 7.28. The van der Waals surface area contributed by atoms with Crippen molar-refractivity contribution in [3.05, 3.63) is 12.2 Å². The van der Waals surface area contributed by atoms with Gasteiger partial charge in [0, 0.05) is 12.0 Å². The van der Waals surface area contributed by atoms with Gasteiger partial charge in [0.15, 0.2) is 5.78 Å². The lowest BCUT2D eigenvalue weighted by atomic mass is 10.1. The quantitative estimate of drug-likeness (QED) is 0.410. The summed E-state index contributed by atoms with van der Waals surface area (Å²) >= 11 is 0. The first kappa shape index (κ1) is 7.90. The highest BCUT2D eigenvalue weighted by atomic mass is 16.1. The third-order valence-corrected chi connectivity index (χ3v) is 0.891. The third-order valence-electron chi connectivity index (χ3n) is 0.891. The Labute approximate surface area is 54.8 Å². The summed E-state index contributed by atoms with van der Waals surface area (Å²) in [5.41, 5.74) is 0. The van der Waals surface area contributed by atoms with Gasteiger partial charge in [-0.15, -0.1) is 0 Å². The van der Waals surface area contributed by atoms with Gasteiger partial charge >= 0.3 is 0 Å². The molecular formula is C7H9NO. The Balaban J connectivity index is 3.81. The second-order valence-electron chi connectivity index (χ2n) is 2.02. The van der Waals surface area contributed by atoms with Crippen LogP contribution in [0.4, 0.5) is 0 Å². The number of hydrogen-bond donors (Lipinski definition) is 0. The fourth-order valence-corrected chi connectivity index (χ4v) is 0.312. The molecule has 0 aromatic carbocycles. The number of nitrogens with zero attached hydrogens (tertiary/aromatic N) is 1. The van der Waals surface area contributed by atoms with Crippen LogP contribution in [0.3, 0.4) is 0 Å². The van der Waals surface area contributed by atoms with Crippen molar-refractivity contribution in [2.45, 2.75) is 13.8 Å². The highest BCUT2D eigenvalue weighted by Gasteiger charge is 1.99. The van der Waals surface area contributed by atoms with Crippen molar-refractivity contribution in [1.29, 1.82) is 5.26 Å². The van der Waals surface area contributed by atoms with E-state index in [1.165, 1.54) is 12.2 Å². The molecule has 2 heteroatoms. The lowest BCUT2D eigenvalue weighted by Crippen LogP contribution is -2.01. The van der Waals surface area contributed by atoms with E-state index in [0.29, 0.717) is 0 Å². The van der Waals surface area contributed by atoms with E-state index in [4.69, 9.17) is 5.26 Å². The van der Waals surface area contributed by atoms with Gasteiger partial charge in [0.2, 0.25) is 0 Å². The van der Waals surface area contributed by atoms with E-state index in [0.717, 1.165) is 0 Å². The highest BCUT2D eigenvalue weighted by molar-refractivity contribution is 5.91. The van der Waals surface area contributed by atoms with E-state index < -0.39 is 0 Å². The Bertz CT molecular complexity index is 162. The van der Waals surface area contributed by atoms with E-state index in [1.54, 1.807) is 19.9 Å². The van der Waals surface area contributed by atoms with Gasteiger partial charge in [-0.1, -0.05) is 13.8 Å². The second kappa shape index (κ2) is 3.85. The number of rotatable bonds is 2. The van der Waals surface area contributed by atoms with Gasteiger partial charge in [0.05, 0.1) is 6.07 Å². The molecule has 0 saturated carbocycles. The molecule has 2 nitrogen and oxygen atoms in total. The molecule has 0 rings (SSSR count). The van der Waals surface area contributed by atoms with Crippen molar-refractivity contribution in [3.8, 4) is 6.07 Å². The topological polar surface area (TPSA) is 40.9 Å². The molecule has 0 heterocycles. The Kier molecular flexibility index (Phi) is 3.38. The van der Waals surface area contributed by atoms with Crippen LogP contribution in [0.15, 0.2) is 12.2 Å². The SMILES string of the molecule is CC(C)C(=O)/C=C/C#N. The smallest absolute Gasteiger partial charge is 0.158 e. The number of ketones is 1. The predicted octanol–water partition coefficient (Wildman–Crippen LogP) is 1.29. The zero-order valence-electron chi connectivity index (χ0n) is 5.59. The second-order valence-corrected chi connectivity index (χ2v) is 2.02. The molecule has 0 aliphatic carbocycles. The Morgan fingerprint density at radius 2 is 2.22 bits per heavy atom. The number of carbonyl (C=O) groups is 1. The summed E-state index contributed by atoms with van der Waals surface area (Å²) in [7, 11) is 0. The van der Waals surface area contributed by atoms with Gasteiger partial charge in [0.25, 0.3) is 0 Å². The minimum Gasteiger partial charge on any atom is -0.295 e. The monoisotopic (exact) mass is 123 g/mol. The lowest BCUT2D eigenvalue weighted by Gasteiger charge is -1.93. The van der Waals surface area contributed by atoms with Crippen molar-refractivity contribution in [3.63, 3.8) is 0 Å². The number of nitriles is 1. The van der Waals surface area contributed by atoms with Crippen LogP contribution < -0.4 is 0 Å². The van der Waals surface area contributed by atoms with Crippen LogP contribution in [0.1, 0.15) is 13.8 Å². The van der Waals surface area contributed by atoms with Crippen LogP contribution in [0.5, 0.6) is 0 Å². The fourth-order valence-electron chi connectivity index (χ4n) is 0.312. The molecule has 0 atom stereocenters. The molecular weight excluding hydrogens is 114 g/mol. The minimum absolute atomic E-state index is 0.00319. The van der Waals surface area contributed by atoms with Gasteiger partial charge < -0.3 is 0 Å². The maximum absolute atomic E-state index is 10.7. The van der Waals surface area contributed by atoms with Crippen LogP contribution in [-0.2, 0) is 4.79 Å². The van der Waals surface area contributed by atoms with Gasteiger partial charge in [-0.2, -0.15) is 5.26 Å². The first-order chi connectivity index (χ1) is 4.18. The molecule has 0 unspecified atom stereocenters. The van der Waals surface area contributed by atoms with Crippen molar-refractivity contribution in [2.24, 2.45) is 5.92 Å². The van der Waals surface area contributed by atoms with Crippen molar-refractivity contribution in [1.82, 2.24) is 0 Å². The van der Waals surface area contributed by atoms with Gasteiger partial charge in [0.1, 0.15) is 0 Å². The third kappa shape index (κ3) is 3.48. The normalized spacial score (nSPS) is 10.0. The maximum Gasteiger partial charge on any atom is 0.158 e. The number of hydrogen-bond acceptors (Lipinski definition) is 2. The average molecular weight is 123 g/mol. The van der Waals surface area contributed by atoms with Crippen LogP contribution >= 0.6 is 0 Å². The summed E-state index contributed by atoms with van der Waals surface area (Å²) < 4.78 is 0. The van der Waals surface area contributed by atoms with Crippen LogP contribution in [0.25, 0.3) is 0 Å². The number of carbonyl (C=O) groups excluding carboxylic acids is 1. The number of allylic oxidation sites excluding steroid dienone is 2. The summed E-state index contributed by atoms with van der Waals surface area (Å²) in [6.45, 7) is 3.59. The lowest BCUT2D eigenvalue weighted by molar-refractivity contribution is -0.117. The average Bonchev–Trinajstić information content (AvgIpc) is 1.82. The zero-order valence-corrected chi connectivity index (χ0v) is 5.59. The molecule has 0 aromatic rings. The summed E-state index contributed by atoms with van der Waals surface area (Å²) in [5.74, 6) is -0.00819. The summed E-state index contributed by atoms with van der Waals surface area (Å²) in [6, 6.07) is 1.75. The molecule has 0 N–H and O–H groups in total. The molecule has 0 fully saturated rings. The molecule has 0 saturated heterocycles. The van der Waals surface area contributed by atoms with Crippen molar-refractivity contribution < 1.29 is 4.79 Å².